The summed E-state index contributed by atoms with van der Waals surface area (Å²) in [6.07, 6.45) is 1.66. The molecular formula is C36H37N3O5. The maximum Gasteiger partial charge on any atom is 0.262 e. The Morgan fingerprint density at radius 2 is 1.59 bits per heavy atom. The molecule has 2 aliphatic rings. The van der Waals surface area contributed by atoms with Gasteiger partial charge in [-0.1, -0.05) is 86.6 Å². The highest BCUT2D eigenvalue weighted by atomic mass is 16.5. The summed E-state index contributed by atoms with van der Waals surface area (Å²) >= 11 is 0. The number of hydrogen-bond donors (Lipinski definition) is 2. The summed E-state index contributed by atoms with van der Waals surface area (Å²) in [5.74, 6) is -2.43. The van der Waals surface area contributed by atoms with Crippen LogP contribution in [0.3, 0.4) is 0 Å². The minimum Gasteiger partial charge on any atom is -0.342 e. The third-order valence-corrected chi connectivity index (χ3v) is 9.42. The quantitative estimate of drug-likeness (QED) is 0.108. The van der Waals surface area contributed by atoms with Crippen LogP contribution in [0.1, 0.15) is 59.4 Å². The first-order valence-corrected chi connectivity index (χ1v) is 15.3. The lowest BCUT2D eigenvalue weighted by molar-refractivity contribution is -0.150. The largest absolute Gasteiger partial charge is 0.342 e. The zero-order valence-corrected chi connectivity index (χ0v) is 25.1. The number of hydroxylamine groups is 1. The summed E-state index contributed by atoms with van der Waals surface area (Å²) in [4.78, 5) is 57.8. The lowest BCUT2D eigenvalue weighted by Gasteiger charge is -2.36. The van der Waals surface area contributed by atoms with Gasteiger partial charge in [-0.2, -0.15) is 0 Å². The second-order valence-corrected chi connectivity index (χ2v) is 12.5. The van der Waals surface area contributed by atoms with Crippen molar-refractivity contribution in [3.63, 3.8) is 0 Å². The molecule has 2 heterocycles. The van der Waals surface area contributed by atoms with E-state index in [0.29, 0.717) is 48.9 Å². The minimum atomic E-state index is -1.05. The highest BCUT2D eigenvalue weighted by molar-refractivity contribution is 6.28. The number of nitrogens with one attached hydrogen (secondary N) is 1. The molecule has 6 rings (SSSR count). The van der Waals surface area contributed by atoms with E-state index in [9.17, 15) is 24.4 Å². The van der Waals surface area contributed by atoms with Gasteiger partial charge in [0.15, 0.2) is 0 Å². The van der Waals surface area contributed by atoms with Crippen molar-refractivity contribution in [2.45, 2.75) is 39.5 Å². The molecular weight excluding hydrogens is 554 g/mol. The van der Waals surface area contributed by atoms with E-state index >= 15 is 0 Å². The lowest BCUT2D eigenvalue weighted by atomic mass is 9.67. The predicted octanol–water partition coefficient (Wildman–Crippen LogP) is 5.61. The second kappa shape index (κ2) is 11.8. The third-order valence-electron chi connectivity index (χ3n) is 9.42. The number of fused-ring (bicyclic) bond motifs is 5. The van der Waals surface area contributed by atoms with E-state index in [4.69, 9.17) is 0 Å². The molecule has 4 aromatic carbocycles. The summed E-state index contributed by atoms with van der Waals surface area (Å²) in [6, 6.07) is 25.3. The van der Waals surface area contributed by atoms with Crippen molar-refractivity contribution >= 4 is 45.2 Å². The summed E-state index contributed by atoms with van der Waals surface area (Å²) in [5.41, 5.74) is 2.56. The number of imide groups is 1. The van der Waals surface area contributed by atoms with Gasteiger partial charge in [-0.25, -0.2) is 5.48 Å². The fraction of sp³-hybridized carbons (Fsp3) is 0.333. The number of likely N-dealkylation sites (tertiary alicyclic amines) is 1. The van der Waals surface area contributed by atoms with Crippen LogP contribution in [-0.4, -0.2) is 58.3 Å². The minimum absolute atomic E-state index is 0.0450. The van der Waals surface area contributed by atoms with E-state index < -0.39 is 29.1 Å². The topological polar surface area (TPSA) is 107 Å². The van der Waals surface area contributed by atoms with Gasteiger partial charge in [0, 0.05) is 19.6 Å². The Hall–Kier alpha value is -4.56. The molecule has 0 saturated carbocycles. The van der Waals surface area contributed by atoms with Gasteiger partial charge in [-0.15, -0.1) is 0 Å². The Kier molecular flexibility index (Phi) is 7.95. The first-order valence-electron chi connectivity index (χ1n) is 15.3. The maximum absolute atomic E-state index is 14.1. The van der Waals surface area contributed by atoms with Crippen molar-refractivity contribution in [1.82, 2.24) is 15.3 Å². The molecule has 44 heavy (non-hydrogen) atoms. The van der Waals surface area contributed by atoms with Crippen molar-refractivity contribution < 1.29 is 24.4 Å². The van der Waals surface area contributed by atoms with Crippen LogP contribution in [0.4, 0.5) is 0 Å². The molecule has 0 aromatic heterocycles. The molecule has 0 spiro atoms. The Bertz CT molecular complexity index is 1770. The molecule has 0 radical (unpaired) electrons. The van der Waals surface area contributed by atoms with E-state index in [2.05, 4.69) is 0 Å². The predicted molar refractivity (Wildman–Crippen MR) is 168 cm³/mol. The molecule has 2 atom stereocenters. The maximum atomic E-state index is 14.1. The smallest absolute Gasteiger partial charge is 0.262 e. The third kappa shape index (κ3) is 5.03. The normalized spacial score (nSPS) is 19.0. The zero-order chi connectivity index (χ0) is 31.0. The highest BCUT2D eigenvalue weighted by Crippen LogP contribution is 2.46. The van der Waals surface area contributed by atoms with Gasteiger partial charge in [0.05, 0.1) is 22.5 Å². The first kappa shape index (κ1) is 29.5. The van der Waals surface area contributed by atoms with Crippen LogP contribution in [0.2, 0.25) is 0 Å². The lowest BCUT2D eigenvalue weighted by Crippen LogP contribution is -2.48. The SMILES string of the molecule is CC(C)CC1(C(CCN2C(=O)c3ccc4c(ccc5ccccc54)c3C2=O)C(=O)NO)CCN(CCc2ccccc2)C1=O. The molecule has 8 heteroatoms. The zero-order valence-electron chi connectivity index (χ0n) is 25.1. The van der Waals surface area contributed by atoms with Crippen LogP contribution in [0.15, 0.2) is 78.9 Å². The molecule has 1 fully saturated rings. The Labute approximate surface area is 256 Å². The summed E-state index contributed by atoms with van der Waals surface area (Å²) < 4.78 is 0. The molecule has 8 nitrogen and oxygen atoms in total. The number of hydrogen-bond acceptors (Lipinski definition) is 5. The van der Waals surface area contributed by atoms with E-state index in [1.54, 1.807) is 11.5 Å². The summed E-state index contributed by atoms with van der Waals surface area (Å²) in [7, 11) is 0. The van der Waals surface area contributed by atoms with Crippen molar-refractivity contribution in [2.75, 3.05) is 19.6 Å². The van der Waals surface area contributed by atoms with Crippen LogP contribution in [-0.2, 0) is 16.0 Å². The number of benzene rings is 4. The molecule has 0 aliphatic carbocycles. The Morgan fingerprint density at radius 1 is 0.864 bits per heavy atom. The average Bonchev–Trinajstić information content (AvgIpc) is 3.47. The highest BCUT2D eigenvalue weighted by Gasteiger charge is 2.54. The van der Waals surface area contributed by atoms with Crippen LogP contribution < -0.4 is 5.48 Å². The summed E-state index contributed by atoms with van der Waals surface area (Å²) in [5, 5.41) is 13.4. The Morgan fingerprint density at radius 3 is 2.34 bits per heavy atom. The number of carbonyl (C=O) groups excluding carboxylic acids is 4. The number of amides is 4. The van der Waals surface area contributed by atoms with Gasteiger partial charge < -0.3 is 4.90 Å². The van der Waals surface area contributed by atoms with E-state index in [1.807, 2.05) is 91.5 Å². The van der Waals surface area contributed by atoms with Crippen LogP contribution in [0, 0.1) is 17.3 Å². The Balaban J connectivity index is 1.27. The molecule has 226 valence electrons. The van der Waals surface area contributed by atoms with Crippen LogP contribution >= 0.6 is 0 Å². The van der Waals surface area contributed by atoms with Crippen LogP contribution in [0.25, 0.3) is 21.5 Å². The molecule has 0 bridgehead atoms. The van der Waals surface area contributed by atoms with Crippen LogP contribution in [0.5, 0.6) is 0 Å². The average molecular weight is 592 g/mol. The standard InChI is InChI=1S/C36H37N3O5/c1-23(2)22-36(18-21-38(35(36)43)19-16-24-8-4-3-5-9-24)30(32(40)37-44)17-20-39-33(41)29-15-14-27-26-11-7-6-10-25(26)12-13-28(27)31(29)34(39)42/h3-15,23,30,44H,16-22H2,1-2H3,(H,37,40). The molecule has 2 unspecified atom stereocenters. The van der Waals surface area contributed by atoms with Crippen molar-refractivity contribution in [3.8, 4) is 0 Å². The van der Waals surface area contributed by atoms with Crippen molar-refractivity contribution in [1.29, 1.82) is 0 Å². The van der Waals surface area contributed by atoms with E-state index in [-0.39, 0.29) is 24.8 Å². The van der Waals surface area contributed by atoms with Gasteiger partial charge in [-0.05, 0) is 64.8 Å². The van der Waals surface area contributed by atoms with E-state index in [0.717, 1.165) is 21.7 Å². The molecule has 2 aliphatic heterocycles. The van der Waals surface area contributed by atoms with Gasteiger partial charge in [-0.3, -0.25) is 29.3 Å². The van der Waals surface area contributed by atoms with Gasteiger partial charge in [0.1, 0.15) is 0 Å². The second-order valence-electron chi connectivity index (χ2n) is 12.5. The molecule has 2 N–H and O–H groups in total. The number of nitrogens with zero attached hydrogens (tertiary/aromatic N) is 2. The molecule has 4 aromatic rings. The van der Waals surface area contributed by atoms with Gasteiger partial charge >= 0.3 is 0 Å². The fourth-order valence-corrected chi connectivity index (χ4v) is 7.43. The van der Waals surface area contributed by atoms with E-state index in [1.165, 1.54) is 4.90 Å². The fourth-order valence-electron chi connectivity index (χ4n) is 7.43. The molecule has 4 amide bonds. The summed E-state index contributed by atoms with van der Waals surface area (Å²) in [6.45, 7) is 5.00. The van der Waals surface area contributed by atoms with Crippen molar-refractivity contribution in [2.24, 2.45) is 17.3 Å². The molecule has 1 saturated heterocycles. The number of rotatable bonds is 10. The first-order chi connectivity index (χ1) is 21.2. The van der Waals surface area contributed by atoms with Gasteiger partial charge in [0.25, 0.3) is 11.8 Å². The van der Waals surface area contributed by atoms with Gasteiger partial charge in [0.2, 0.25) is 11.8 Å². The number of carbonyl (C=O) groups is 4. The monoisotopic (exact) mass is 591 g/mol. The van der Waals surface area contributed by atoms with Crippen molar-refractivity contribution in [3.05, 3.63) is 95.6 Å².